The van der Waals surface area contributed by atoms with Crippen molar-refractivity contribution in [1.29, 1.82) is 5.26 Å². The van der Waals surface area contributed by atoms with Crippen LogP contribution in [-0.2, 0) is 13.1 Å². The Labute approximate surface area is 98.8 Å². The fraction of sp³-hybridized carbons (Fsp3) is 0.417. The van der Waals surface area contributed by atoms with Crippen LogP contribution < -0.4 is 5.32 Å². The Morgan fingerprint density at radius 3 is 3.18 bits per heavy atom. The number of aromatic nitrogens is 1. The fourth-order valence-electron chi connectivity index (χ4n) is 2.55. The molecule has 0 saturated carbocycles. The molecule has 0 bridgehead atoms. The molecule has 5 heteroatoms. The molecule has 0 amide bonds. The SMILES string of the molecule is N#Cc1c2c(n3c1C(=O)CCCC3)CN=CN2. The zero-order chi connectivity index (χ0) is 11.8. The number of Topliss-reactive ketones (excluding diaryl/α,β-unsaturated/α-hetero) is 1. The highest BCUT2D eigenvalue weighted by Gasteiger charge is 2.28. The number of ketones is 1. The summed E-state index contributed by atoms with van der Waals surface area (Å²) in [5, 5.41) is 12.2. The number of carbonyl (C=O) groups excluding carboxylic acids is 1. The monoisotopic (exact) mass is 228 g/mol. The summed E-state index contributed by atoms with van der Waals surface area (Å²) in [4.78, 5) is 16.2. The standard InChI is InChI=1S/C12H12N4O/c13-5-8-11-9(6-14-7-15-11)16-4-2-1-3-10(17)12(8)16/h7H,1-4,6H2,(H,14,15). The summed E-state index contributed by atoms with van der Waals surface area (Å²) in [6.07, 6.45) is 4.01. The van der Waals surface area contributed by atoms with Crippen molar-refractivity contribution in [2.75, 3.05) is 5.32 Å². The molecule has 0 spiro atoms. The van der Waals surface area contributed by atoms with Crippen molar-refractivity contribution in [1.82, 2.24) is 4.57 Å². The molecule has 5 nitrogen and oxygen atoms in total. The van der Waals surface area contributed by atoms with E-state index in [-0.39, 0.29) is 5.78 Å². The largest absolute Gasteiger partial charge is 0.344 e. The molecular weight excluding hydrogens is 216 g/mol. The Kier molecular flexibility index (Phi) is 2.22. The maximum Gasteiger partial charge on any atom is 0.180 e. The Hall–Kier alpha value is -2.09. The topological polar surface area (TPSA) is 70.2 Å². The molecule has 0 saturated heterocycles. The van der Waals surface area contributed by atoms with Gasteiger partial charge in [-0.15, -0.1) is 0 Å². The molecular formula is C12H12N4O. The Balaban J connectivity index is 2.27. The molecule has 3 heterocycles. The van der Waals surface area contributed by atoms with Crippen molar-refractivity contribution in [3.8, 4) is 6.07 Å². The normalized spacial score (nSPS) is 17.7. The van der Waals surface area contributed by atoms with Crippen LogP contribution in [0.4, 0.5) is 5.69 Å². The Morgan fingerprint density at radius 2 is 2.35 bits per heavy atom. The van der Waals surface area contributed by atoms with E-state index in [0.717, 1.165) is 30.8 Å². The fourth-order valence-corrected chi connectivity index (χ4v) is 2.55. The van der Waals surface area contributed by atoms with Gasteiger partial charge >= 0.3 is 0 Å². The van der Waals surface area contributed by atoms with E-state index in [1.807, 2.05) is 4.57 Å². The first kappa shape index (κ1) is 10.1. The quantitative estimate of drug-likeness (QED) is 0.734. The molecule has 1 aromatic heterocycles. The first-order valence-electron chi connectivity index (χ1n) is 5.76. The van der Waals surface area contributed by atoms with E-state index >= 15 is 0 Å². The number of rotatable bonds is 0. The number of carbonyl (C=O) groups is 1. The van der Waals surface area contributed by atoms with E-state index in [9.17, 15) is 10.1 Å². The van der Waals surface area contributed by atoms with E-state index in [0.29, 0.717) is 24.2 Å². The zero-order valence-electron chi connectivity index (χ0n) is 9.36. The molecule has 2 aliphatic heterocycles. The minimum atomic E-state index is 0.0789. The van der Waals surface area contributed by atoms with E-state index < -0.39 is 0 Å². The van der Waals surface area contributed by atoms with Crippen LogP contribution >= 0.6 is 0 Å². The predicted molar refractivity (Wildman–Crippen MR) is 63.1 cm³/mol. The minimum Gasteiger partial charge on any atom is -0.344 e. The van der Waals surface area contributed by atoms with Crippen molar-refractivity contribution >= 4 is 17.8 Å². The van der Waals surface area contributed by atoms with Gasteiger partial charge < -0.3 is 9.88 Å². The van der Waals surface area contributed by atoms with E-state index in [1.54, 1.807) is 6.34 Å². The highest BCUT2D eigenvalue weighted by molar-refractivity contribution is 6.01. The van der Waals surface area contributed by atoms with Gasteiger partial charge in [-0.3, -0.25) is 9.79 Å². The van der Waals surface area contributed by atoms with Gasteiger partial charge in [-0.05, 0) is 12.8 Å². The van der Waals surface area contributed by atoms with Gasteiger partial charge in [-0.1, -0.05) is 0 Å². The van der Waals surface area contributed by atoms with E-state index in [1.165, 1.54) is 0 Å². The molecule has 2 aliphatic rings. The van der Waals surface area contributed by atoms with E-state index in [4.69, 9.17) is 0 Å². The average Bonchev–Trinajstić information content (AvgIpc) is 2.56. The van der Waals surface area contributed by atoms with Crippen LogP contribution in [0.2, 0.25) is 0 Å². The second kappa shape index (κ2) is 3.74. The summed E-state index contributed by atoms with van der Waals surface area (Å²) in [6.45, 7) is 1.35. The van der Waals surface area contributed by atoms with Crippen molar-refractivity contribution < 1.29 is 4.79 Å². The number of anilines is 1. The molecule has 0 fully saturated rings. The van der Waals surface area contributed by atoms with Crippen LogP contribution in [0, 0.1) is 11.3 Å². The van der Waals surface area contributed by atoms with Crippen molar-refractivity contribution in [2.24, 2.45) is 4.99 Å². The second-order valence-electron chi connectivity index (χ2n) is 4.30. The van der Waals surface area contributed by atoms with E-state index in [2.05, 4.69) is 16.4 Å². The molecule has 1 N–H and O–H groups in total. The van der Waals surface area contributed by atoms with Crippen LogP contribution in [0.3, 0.4) is 0 Å². The average molecular weight is 228 g/mol. The van der Waals surface area contributed by atoms with Crippen molar-refractivity contribution in [2.45, 2.75) is 32.4 Å². The first-order chi connectivity index (χ1) is 8.33. The van der Waals surface area contributed by atoms with Crippen molar-refractivity contribution in [3.05, 3.63) is 17.0 Å². The molecule has 3 rings (SSSR count). The number of fused-ring (bicyclic) bond motifs is 3. The summed E-state index contributed by atoms with van der Waals surface area (Å²) in [7, 11) is 0. The molecule has 0 atom stereocenters. The van der Waals surface area contributed by atoms with Gasteiger partial charge in [0.1, 0.15) is 17.3 Å². The van der Waals surface area contributed by atoms with Gasteiger partial charge in [0.2, 0.25) is 0 Å². The molecule has 1 aromatic rings. The predicted octanol–water partition coefficient (Wildman–Crippen LogP) is 1.68. The minimum absolute atomic E-state index is 0.0789. The maximum absolute atomic E-state index is 12.1. The number of aliphatic imine (C=N–C) groups is 1. The lowest BCUT2D eigenvalue weighted by Crippen LogP contribution is -2.11. The summed E-state index contributed by atoms with van der Waals surface area (Å²) in [5.74, 6) is 0.0789. The Bertz CT molecular complexity index is 562. The summed E-state index contributed by atoms with van der Waals surface area (Å²) < 4.78 is 1.98. The number of nitrogens with one attached hydrogen (secondary N) is 1. The van der Waals surface area contributed by atoms with Crippen LogP contribution in [0.1, 0.15) is 41.0 Å². The van der Waals surface area contributed by atoms with Crippen LogP contribution in [0.5, 0.6) is 0 Å². The summed E-state index contributed by atoms with van der Waals surface area (Å²) in [6, 6.07) is 2.16. The lowest BCUT2D eigenvalue weighted by atomic mass is 10.1. The third-order valence-corrected chi connectivity index (χ3v) is 3.32. The second-order valence-corrected chi connectivity index (χ2v) is 4.30. The van der Waals surface area contributed by atoms with Gasteiger partial charge in [0.15, 0.2) is 5.78 Å². The van der Waals surface area contributed by atoms with Crippen LogP contribution in [0.15, 0.2) is 4.99 Å². The molecule has 0 aliphatic carbocycles. The number of hydrogen-bond donors (Lipinski definition) is 1. The molecule has 86 valence electrons. The third kappa shape index (κ3) is 1.37. The van der Waals surface area contributed by atoms with Gasteiger partial charge in [0.25, 0.3) is 0 Å². The van der Waals surface area contributed by atoms with Gasteiger partial charge in [0, 0.05) is 13.0 Å². The number of nitriles is 1. The molecule has 17 heavy (non-hydrogen) atoms. The highest BCUT2D eigenvalue weighted by atomic mass is 16.1. The molecule has 0 unspecified atom stereocenters. The molecule has 0 radical (unpaired) electrons. The lowest BCUT2D eigenvalue weighted by Gasteiger charge is -2.12. The third-order valence-electron chi connectivity index (χ3n) is 3.32. The van der Waals surface area contributed by atoms with Crippen LogP contribution in [-0.4, -0.2) is 16.7 Å². The van der Waals surface area contributed by atoms with Crippen molar-refractivity contribution in [3.63, 3.8) is 0 Å². The number of nitrogens with zero attached hydrogens (tertiary/aromatic N) is 3. The highest BCUT2D eigenvalue weighted by Crippen LogP contribution is 2.33. The summed E-state index contributed by atoms with van der Waals surface area (Å²) in [5.41, 5.74) is 2.80. The zero-order valence-corrected chi connectivity index (χ0v) is 9.36. The lowest BCUT2D eigenvalue weighted by molar-refractivity contribution is 0.0977. The number of hydrogen-bond acceptors (Lipinski definition) is 4. The van der Waals surface area contributed by atoms with Gasteiger partial charge in [-0.2, -0.15) is 5.26 Å². The smallest absolute Gasteiger partial charge is 0.180 e. The van der Waals surface area contributed by atoms with Crippen LogP contribution in [0.25, 0.3) is 0 Å². The van der Waals surface area contributed by atoms with Gasteiger partial charge in [0.05, 0.1) is 24.3 Å². The Morgan fingerprint density at radius 1 is 1.47 bits per heavy atom. The van der Waals surface area contributed by atoms with Gasteiger partial charge in [-0.25, -0.2) is 0 Å². The maximum atomic E-state index is 12.1. The first-order valence-corrected chi connectivity index (χ1v) is 5.76. The molecule has 0 aromatic carbocycles. The summed E-state index contributed by atoms with van der Waals surface area (Å²) >= 11 is 0.